The third-order valence-electron chi connectivity index (χ3n) is 15.6. The summed E-state index contributed by atoms with van der Waals surface area (Å²) in [5.74, 6) is 2.99. The first-order valence-electron chi connectivity index (χ1n) is 19.4. The van der Waals surface area contributed by atoms with E-state index in [1.165, 1.54) is 63.4 Å². The number of hydrogen-bond acceptors (Lipinski definition) is 6. The Bertz CT molecular complexity index is 1280. The Morgan fingerprint density at radius 1 is 0.957 bits per heavy atom. The van der Waals surface area contributed by atoms with Gasteiger partial charge >= 0.3 is 0 Å². The van der Waals surface area contributed by atoms with E-state index in [4.69, 9.17) is 18.9 Å². The first kappa shape index (κ1) is 33.1. The third kappa shape index (κ3) is 5.24. The lowest BCUT2D eigenvalue weighted by Gasteiger charge is -2.60. The summed E-state index contributed by atoms with van der Waals surface area (Å²) in [5, 5.41) is 11.0. The van der Waals surface area contributed by atoms with E-state index < -0.39 is 5.60 Å². The Morgan fingerprint density at radius 2 is 1.74 bits per heavy atom. The molecule has 1 N–H and O–H groups in total. The number of aliphatic hydroxyl groups is 1. The molecule has 8 rings (SSSR count). The molecule has 6 nitrogen and oxygen atoms in total. The molecule has 8 unspecified atom stereocenters. The summed E-state index contributed by atoms with van der Waals surface area (Å²) in [6, 6.07) is 10.8. The Balaban J connectivity index is 0.946. The van der Waals surface area contributed by atoms with E-state index in [1.807, 2.05) is 20.8 Å². The second-order valence-electron chi connectivity index (χ2n) is 18.5. The van der Waals surface area contributed by atoms with Gasteiger partial charge in [0.1, 0.15) is 6.10 Å². The van der Waals surface area contributed by atoms with Crippen LogP contribution in [-0.4, -0.2) is 72.6 Å². The van der Waals surface area contributed by atoms with Crippen LogP contribution in [0.2, 0.25) is 0 Å². The molecule has 6 heteroatoms. The van der Waals surface area contributed by atoms with Crippen molar-refractivity contribution in [3.05, 3.63) is 35.9 Å². The van der Waals surface area contributed by atoms with E-state index in [0.717, 1.165) is 50.4 Å². The van der Waals surface area contributed by atoms with Crippen molar-refractivity contribution in [2.24, 2.45) is 45.3 Å². The van der Waals surface area contributed by atoms with Crippen LogP contribution in [0.3, 0.4) is 0 Å². The van der Waals surface area contributed by atoms with Gasteiger partial charge in [-0.05, 0) is 136 Å². The number of rotatable bonds is 8. The van der Waals surface area contributed by atoms with Gasteiger partial charge in [-0.1, -0.05) is 51.1 Å². The van der Waals surface area contributed by atoms with Crippen LogP contribution >= 0.6 is 0 Å². The summed E-state index contributed by atoms with van der Waals surface area (Å²) in [4.78, 5) is 2.51. The minimum absolute atomic E-state index is 0.00782. The topological polar surface area (TPSA) is 60.4 Å². The predicted octanol–water partition coefficient (Wildman–Crippen LogP) is 7.61. The summed E-state index contributed by atoms with van der Waals surface area (Å²) in [7, 11) is 0. The monoisotopic (exact) mass is 649 g/mol. The van der Waals surface area contributed by atoms with Gasteiger partial charge in [0.2, 0.25) is 0 Å². The molecule has 2 spiro atoms. The van der Waals surface area contributed by atoms with Gasteiger partial charge in [0, 0.05) is 26.2 Å². The van der Waals surface area contributed by atoms with Gasteiger partial charge in [-0.3, -0.25) is 4.90 Å². The molecule has 5 saturated carbocycles. The van der Waals surface area contributed by atoms with Crippen molar-refractivity contribution in [1.82, 2.24) is 4.90 Å². The van der Waals surface area contributed by atoms with Crippen LogP contribution in [0.15, 0.2) is 30.3 Å². The molecule has 1 aromatic carbocycles. The molecule has 0 bridgehead atoms. The van der Waals surface area contributed by atoms with Crippen LogP contribution in [0.4, 0.5) is 0 Å². The Labute approximate surface area is 284 Å². The number of benzene rings is 1. The summed E-state index contributed by atoms with van der Waals surface area (Å²) < 4.78 is 26.3. The quantitative estimate of drug-likeness (QED) is 0.313. The van der Waals surface area contributed by atoms with Gasteiger partial charge in [0.15, 0.2) is 6.29 Å². The summed E-state index contributed by atoms with van der Waals surface area (Å²) in [6.45, 7) is 17.7. The normalized spacial score (nSPS) is 46.4. The fourth-order valence-corrected chi connectivity index (χ4v) is 13.6. The molecule has 2 saturated heterocycles. The van der Waals surface area contributed by atoms with E-state index in [9.17, 15) is 5.11 Å². The maximum absolute atomic E-state index is 11.0. The molecular formula is C41H63NO5. The van der Waals surface area contributed by atoms with Crippen molar-refractivity contribution in [2.45, 2.75) is 149 Å². The zero-order chi connectivity index (χ0) is 32.8. The number of hydrogen-bond donors (Lipinski definition) is 1. The molecular weight excluding hydrogens is 586 g/mol. The molecule has 7 aliphatic rings. The van der Waals surface area contributed by atoms with Crippen molar-refractivity contribution in [1.29, 1.82) is 0 Å². The van der Waals surface area contributed by atoms with Crippen molar-refractivity contribution in [2.75, 3.05) is 26.3 Å². The van der Waals surface area contributed by atoms with Crippen molar-refractivity contribution >= 4 is 0 Å². The van der Waals surface area contributed by atoms with Gasteiger partial charge in [0.05, 0.1) is 30.5 Å². The van der Waals surface area contributed by atoms with Gasteiger partial charge in [0.25, 0.3) is 0 Å². The standard InChI is InChI=1S/C41H63NO5/c1-7-44-36(38(4,5)43)31-15-13-29-32(46-31)23-30-28-14-16-33-37(2,3)34(17-18-41(33)26-40(28,41)20-19-39(29,30)6)47-35-25-42(21-22-45-35)24-27-11-9-8-10-12-27/h8-12,28-36,43H,7,13-26H2,1-6H3/t28?,29-,30?,31?,32?,33?,34-,35?,36-,39?,40-,41?/m0/s1. The highest BCUT2D eigenvalue weighted by Gasteiger charge is 2.80. The SMILES string of the molecule is CCO[C@@H](C1CC[C@H]2C(CC3C4CCC5C(C)(C)[C@@H](OC6CN(Cc7ccccc7)CCO6)CCC56C[C@@]46CCC32C)O1)C(C)(C)O. The van der Waals surface area contributed by atoms with E-state index in [1.54, 1.807) is 0 Å². The van der Waals surface area contributed by atoms with E-state index in [0.29, 0.717) is 34.9 Å². The summed E-state index contributed by atoms with van der Waals surface area (Å²) in [5.41, 5.74) is 2.05. The second kappa shape index (κ2) is 11.8. The fraction of sp³-hybridized carbons (Fsp3) is 0.854. The predicted molar refractivity (Wildman–Crippen MR) is 184 cm³/mol. The molecule has 0 radical (unpaired) electrons. The first-order chi connectivity index (χ1) is 22.4. The highest BCUT2D eigenvalue weighted by molar-refractivity contribution is 5.29. The highest BCUT2D eigenvalue weighted by atomic mass is 16.7. The smallest absolute Gasteiger partial charge is 0.170 e. The van der Waals surface area contributed by atoms with Crippen LogP contribution in [-0.2, 0) is 25.5 Å². The first-order valence-corrected chi connectivity index (χ1v) is 19.4. The van der Waals surface area contributed by atoms with Crippen LogP contribution < -0.4 is 0 Å². The zero-order valence-corrected chi connectivity index (χ0v) is 30.2. The van der Waals surface area contributed by atoms with Gasteiger partial charge in [-0.15, -0.1) is 0 Å². The zero-order valence-electron chi connectivity index (χ0n) is 30.2. The maximum atomic E-state index is 11.0. The van der Waals surface area contributed by atoms with E-state index in [-0.39, 0.29) is 30.0 Å². The fourth-order valence-electron chi connectivity index (χ4n) is 13.6. The minimum Gasteiger partial charge on any atom is -0.388 e. The molecule has 262 valence electrons. The molecule has 0 aromatic heterocycles. The largest absolute Gasteiger partial charge is 0.388 e. The number of ether oxygens (including phenoxy) is 4. The number of fused-ring (bicyclic) bond motifs is 4. The second-order valence-corrected chi connectivity index (χ2v) is 18.5. The van der Waals surface area contributed by atoms with Crippen LogP contribution in [0, 0.1) is 45.3 Å². The van der Waals surface area contributed by atoms with Crippen LogP contribution in [0.5, 0.6) is 0 Å². The maximum Gasteiger partial charge on any atom is 0.170 e. The molecule has 1 aromatic rings. The molecule has 12 atom stereocenters. The molecule has 0 amide bonds. The lowest BCUT2D eigenvalue weighted by molar-refractivity contribution is -0.246. The van der Waals surface area contributed by atoms with Crippen LogP contribution in [0.1, 0.15) is 111 Å². The van der Waals surface area contributed by atoms with Gasteiger partial charge < -0.3 is 24.1 Å². The van der Waals surface area contributed by atoms with Crippen molar-refractivity contribution < 1.29 is 24.1 Å². The number of nitrogens with zero attached hydrogens (tertiary/aromatic N) is 1. The van der Waals surface area contributed by atoms with Gasteiger partial charge in [-0.2, -0.15) is 0 Å². The highest BCUT2D eigenvalue weighted by Crippen LogP contribution is 2.87. The Morgan fingerprint density at radius 3 is 2.51 bits per heavy atom. The van der Waals surface area contributed by atoms with Crippen molar-refractivity contribution in [3.8, 4) is 0 Å². The van der Waals surface area contributed by atoms with Crippen LogP contribution in [0.25, 0.3) is 0 Å². The molecule has 5 aliphatic carbocycles. The molecule has 7 fully saturated rings. The Kier molecular flexibility index (Phi) is 8.30. The Hall–Kier alpha value is -1.02. The minimum atomic E-state index is -0.897. The average molecular weight is 650 g/mol. The lowest BCUT2D eigenvalue weighted by Crippen LogP contribution is -2.56. The summed E-state index contributed by atoms with van der Waals surface area (Å²) in [6.07, 6.45) is 13.1. The number of morpholine rings is 1. The van der Waals surface area contributed by atoms with E-state index in [2.05, 4.69) is 56.0 Å². The van der Waals surface area contributed by atoms with E-state index >= 15 is 0 Å². The lowest BCUT2D eigenvalue weighted by atomic mass is 9.46. The van der Waals surface area contributed by atoms with Crippen molar-refractivity contribution in [3.63, 3.8) is 0 Å². The molecule has 2 aliphatic heterocycles. The molecule has 2 heterocycles. The summed E-state index contributed by atoms with van der Waals surface area (Å²) >= 11 is 0. The van der Waals surface area contributed by atoms with Gasteiger partial charge in [-0.25, -0.2) is 0 Å². The average Bonchev–Trinajstić information content (AvgIpc) is 3.61. The molecule has 47 heavy (non-hydrogen) atoms. The third-order valence-corrected chi connectivity index (χ3v) is 15.6.